The van der Waals surface area contributed by atoms with Crippen LogP contribution in [0.15, 0.2) is 35.1 Å². The van der Waals surface area contributed by atoms with Gasteiger partial charge in [0, 0.05) is 22.3 Å². The number of rotatable bonds is 4. The Morgan fingerprint density at radius 3 is 2.71 bits per heavy atom. The van der Waals surface area contributed by atoms with Crippen molar-refractivity contribution in [2.24, 2.45) is 0 Å². The minimum absolute atomic E-state index is 0.231. The molecule has 0 atom stereocenters. The average molecular weight is 389 g/mol. The van der Waals surface area contributed by atoms with Crippen LogP contribution >= 0.6 is 15.9 Å². The molecule has 1 aliphatic carbocycles. The first-order valence-corrected chi connectivity index (χ1v) is 9.07. The maximum atomic E-state index is 12.4. The van der Waals surface area contributed by atoms with Gasteiger partial charge in [0.15, 0.2) is 0 Å². The lowest BCUT2D eigenvalue weighted by molar-refractivity contribution is 0.102. The van der Waals surface area contributed by atoms with E-state index in [1.54, 1.807) is 6.07 Å². The van der Waals surface area contributed by atoms with Gasteiger partial charge < -0.3 is 10.6 Å². The van der Waals surface area contributed by atoms with Gasteiger partial charge in [-0.05, 0) is 43.5 Å². The number of benzene rings is 1. The molecule has 3 rings (SSSR count). The highest BCUT2D eigenvalue weighted by Crippen LogP contribution is 2.22. The molecule has 1 saturated carbocycles. The van der Waals surface area contributed by atoms with Crippen LogP contribution in [0, 0.1) is 6.92 Å². The summed E-state index contributed by atoms with van der Waals surface area (Å²) in [4.78, 5) is 20.8. The zero-order valence-electron chi connectivity index (χ0n) is 13.7. The van der Waals surface area contributed by atoms with Crippen LogP contribution in [0.2, 0.25) is 0 Å². The number of nitrogens with zero attached hydrogens (tertiary/aromatic N) is 2. The van der Waals surface area contributed by atoms with E-state index in [1.165, 1.54) is 25.6 Å². The van der Waals surface area contributed by atoms with E-state index in [2.05, 4.69) is 36.5 Å². The van der Waals surface area contributed by atoms with Crippen molar-refractivity contribution >= 4 is 33.3 Å². The van der Waals surface area contributed by atoms with Crippen molar-refractivity contribution in [1.82, 2.24) is 9.97 Å². The van der Waals surface area contributed by atoms with E-state index in [9.17, 15) is 4.79 Å². The summed E-state index contributed by atoms with van der Waals surface area (Å²) in [6.45, 7) is 1.98. The number of nitrogens with one attached hydrogen (secondary N) is 2. The summed E-state index contributed by atoms with van der Waals surface area (Å²) >= 11 is 3.46. The molecule has 0 aliphatic heterocycles. The topological polar surface area (TPSA) is 66.9 Å². The van der Waals surface area contributed by atoms with E-state index in [1.807, 2.05) is 25.1 Å². The molecule has 6 heteroatoms. The molecule has 0 radical (unpaired) electrons. The molecule has 0 bridgehead atoms. The molecule has 1 aromatic carbocycles. The molecule has 1 fully saturated rings. The van der Waals surface area contributed by atoms with Crippen LogP contribution in [0.3, 0.4) is 0 Å². The molecule has 1 heterocycles. The molecule has 0 spiro atoms. The molecule has 2 aromatic rings. The number of halogens is 1. The van der Waals surface area contributed by atoms with Crippen LogP contribution in [0.4, 0.5) is 11.5 Å². The standard InChI is InChI=1S/C18H21BrN4O/c1-12-9-14(7-8-15(12)19)23-18(24)16-10-17(21-11-20-16)22-13-5-3-2-4-6-13/h7-11,13H,2-6H2,1H3,(H,23,24)(H,20,21,22). The van der Waals surface area contributed by atoms with Gasteiger partial charge in [-0.25, -0.2) is 9.97 Å². The summed E-state index contributed by atoms with van der Waals surface area (Å²) in [6.07, 6.45) is 7.56. The van der Waals surface area contributed by atoms with Crippen LogP contribution in [-0.2, 0) is 0 Å². The first-order valence-electron chi connectivity index (χ1n) is 8.28. The number of amides is 1. The summed E-state index contributed by atoms with van der Waals surface area (Å²) in [7, 11) is 0. The van der Waals surface area contributed by atoms with Gasteiger partial charge in [0.2, 0.25) is 0 Å². The first-order chi connectivity index (χ1) is 11.6. The monoisotopic (exact) mass is 388 g/mol. The highest BCUT2D eigenvalue weighted by molar-refractivity contribution is 9.10. The number of aromatic nitrogens is 2. The maximum absolute atomic E-state index is 12.4. The van der Waals surface area contributed by atoms with E-state index in [0.29, 0.717) is 17.6 Å². The number of aryl methyl sites for hydroxylation is 1. The fourth-order valence-corrected chi connectivity index (χ4v) is 3.18. The number of carbonyl (C=O) groups excluding carboxylic acids is 1. The molecule has 1 amide bonds. The number of hydrogen-bond acceptors (Lipinski definition) is 4. The quantitative estimate of drug-likeness (QED) is 0.806. The maximum Gasteiger partial charge on any atom is 0.274 e. The minimum Gasteiger partial charge on any atom is -0.367 e. The molecular weight excluding hydrogens is 368 g/mol. The molecule has 0 unspecified atom stereocenters. The van der Waals surface area contributed by atoms with Crippen molar-refractivity contribution < 1.29 is 4.79 Å². The van der Waals surface area contributed by atoms with E-state index >= 15 is 0 Å². The lowest BCUT2D eigenvalue weighted by atomic mass is 9.95. The van der Waals surface area contributed by atoms with E-state index < -0.39 is 0 Å². The van der Waals surface area contributed by atoms with Crippen molar-refractivity contribution in [1.29, 1.82) is 0 Å². The van der Waals surface area contributed by atoms with Gasteiger partial charge in [0.1, 0.15) is 17.8 Å². The van der Waals surface area contributed by atoms with Gasteiger partial charge >= 0.3 is 0 Å². The van der Waals surface area contributed by atoms with Gasteiger partial charge in [-0.2, -0.15) is 0 Å². The average Bonchev–Trinajstić information content (AvgIpc) is 2.59. The SMILES string of the molecule is Cc1cc(NC(=O)c2cc(NC3CCCCC3)ncn2)ccc1Br. The summed E-state index contributed by atoms with van der Waals surface area (Å²) in [5.41, 5.74) is 2.18. The van der Waals surface area contributed by atoms with Crippen LogP contribution < -0.4 is 10.6 Å². The molecule has 2 N–H and O–H groups in total. The Morgan fingerprint density at radius 1 is 1.17 bits per heavy atom. The summed E-state index contributed by atoms with van der Waals surface area (Å²) in [6, 6.07) is 7.86. The van der Waals surface area contributed by atoms with Crippen LogP contribution in [0.5, 0.6) is 0 Å². The number of carbonyl (C=O) groups is 1. The fourth-order valence-electron chi connectivity index (χ4n) is 2.93. The molecule has 126 valence electrons. The fraction of sp³-hybridized carbons (Fsp3) is 0.389. The summed E-state index contributed by atoms with van der Waals surface area (Å²) < 4.78 is 1.02. The third kappa shape index (κ3) is 4.32. The van der Waals surface area contributed by atoms with Crippen molar-refractivity contribution in [3.8, 4) is 0 Å². The smallest absolute Gasteiger partial charge is 0.274 e. The molecule has 24 heavy (non-hydrogen) atoms. The first kappa shape index (κ1) is 16.9. The normalized spacial score (nSPS) is 15.1. The Labute approximate surface area is 150 Å². The van der Waals surface area contributed by atoms with E-state index in [0.717, 1.165) is 28.6 Å². The Balaban J connectivity index is 1.68. The van der Waals surface area contributed by atoms with Crippen molar-refractivity contribution in [2.75, 3.05) is 10.6 Å². The highest BCUT2D eigenvalue weighted by atomic mass is 79.9. The predicted octanol–water partition coefficient (Wildman–Crippen LogP) is 4.54. The van der Waals surface area contributed by atoms with Crippen LogP contribution in [0.25, 0.3) is 0 Å². The molecule has 5 nitrogen and oxygen atoms in total. The van der Waals surface area contributed by atoms with Crippen molar-refractivity contribution in [2.45, 2.75) is 45.1 Å². The summed E-state index contributed by atoms with van der Waals surface area (Å²) in [5.74, 6) is 0.486. The van der Waals surface area contributed by atoms with Gasteiger partial charge in [0.05, 0.1) is 0 Å². The Hall–Kier alpha value is -1.95. The van der Waals surface area contributed by atoms with Crippen molar-refractivity contribution in [3.63, 3.8) is 0 Å². The molecule has 1 aliphatic rings. The number of hydrogen-bond donors (Lipinski definition) is 2. The molecule has 1 aromatic heterocycles. The zero-order chi connectivity index (χ0) is 16.9. The largest absolute Gasteiger partial charge is 0.367 e. The minimum atomic E-state index is -0.231. The third-order valence-corrected chi connectivity index (χ3v) is 5.16. The Kier molecular flexibility index (Phi) is 5.45. The summed E-state index contributed by atoms with van der Waals surface area (Å²) in [5, 5.41) is 6.30. The van der Waals surface area contributed by atoms with Crippen LogP contribution in [0.1, 0.15) is 48.2 Å². The van der Waals surface area contributed by atoms with Crippen LogP contribution in [-0.4, -0.2) is 21.9 Å². The molecule has 0 saturated heterocycles. The highest BCUT2D eigenvalue weighted by Gasteiger charge is 2.15. The van der Waals surface area contributed by atoms with Gasteiger partial charge in [-0.3, -0.25) is 4.79 Å². The third-order valence-electron chi connectivity index (χ3n) is 4.27. The predicted molar refractivity (Wildman–Crippen MR) is 99.4 cm³/mol. The molecular formula is C18H21BrN4O. The van der Waals surface area contributed by atoms with E-state index in [4.69, 9.17) is 0 Å². The lowest BCUT2D eigenvalue weighted by Gasteiger charge is -2.23. The Bertz CT molecular complexity index is 729. The second-order valence-electron chi connectivity index (χ2n) is 6.19. The lowest BCUT2D eigenvalue weighted by Crippen LogP contribution is -2.23. The van der Waals surface area contributed by atoms with Gasteiger partial charge in [0.25, 0.3) is 5.91 Å². The zero-order valence-corrected chi connectivity index (χ0v) is 15.3. The Morgan fingerprint density at radius 2 is 1.96 bits per heavy atom. The van der Waals surface area contributed by atoms with Gasteiger partial charge in [-0.15, -0.1) is 0 Å². The van der Waals surface area contributed by atoms with E-state index in [-0.39, 0.29) is 5.91 Å². The van der Waals surface area contributed by atoms with Crippen molar-refractivity contribution in [3.05, 3.63) is 46.3 Å². The second-order valence-corrected chi connectivity index (χ2v) is 7.04. The van der Waals surface area contributed by atoms with Gasteiger partial charge in [-0.1, -0.05) is 35.2 Å². The number of anilines is 2. The second kappa shape index (κ2) is 7.75.